The van der Waals surface area contributed by atoms with E-state index < -0.39 is 0 Å². The van der Waals surface area contributed by atoms with Crippen molar-refractivity contribution in [1.82, 2.24) is 10.3 Å². The van der Waals surface area contributed by atoms with Gasteiger partial charge in [-0.25, -0.2) is 4.98 Å². The number of carbonyl (C=O) groups is 1. The lowest BCUT2D eigenvalue weighted by Crippen LogP contribution is -2.34. The number of nitrogens with zero attached hydrogens (tertiary/aromatic N) is 1. The summed E-state index contributed by atoms with van der Waals surface area (Å²) >= 11 is 1.59. The molecule has 1 rings (SSSR count). The minimum atomic E-state index is -0.276. The highest BCUT2D eigenvalue weighted by atomic mass is 32.1. The molecule has 14 heavy (non-hydrogen) atoms. The first-order valence-electron chi connectivity index (χ1n) is 4.35. The van der Waals surface area contributed by atoms with Crippen molar-refractivity contribution in [1.29, 1.82) is 0 Å². The van der Waals surface area contributed by atoms with Crippen LogP contribution in [0.2, 0.25) is 0 Å². The Kier molecular flexibility index (Phi) is 4.03. The number of rotatable bonds is 4. The second-order valence-corrected chi connectivity index (χ2v) is 3.93. The summed E-state index contributed by atoms with van der Waals surface area (Å²) in [4.78, 5) is 16.3. The Morgan fingerprint density at radius 2 is 2.50 bits per heavy atom. The Hall–Kier alpha value is -0.940. The van der Waals surface area contributed by atoms with Crippen molar-refractivity contribution in [3.63, 3.8) is 0 Å². The van der Waals surface area contributed by atoms with Crippen molar-refractivity contribution in [3.8, 4) is 0 Å². The van der Waals surface area contributed by atoms with Gasteiger partial charge in [-0.15, -0.1) is 11.3 Å². The molecule has 0 bridgehead atoms. The second kappa shape index (κ2) is 5.07. The van der Waals surface area contributed by atoms with Gasteiger partial charge >= 0.3 is 5.97 Å². The van der Waals surface area contributed by atoms with Crippen LogP contribution in [0.4, 0.5) is 0 Å². The van der Waals surface area contributed by atoms with E-state index in [2.05, 4.69) is 15.0 Å². The number of ether oxygens (including phenoxy) is 1. The second-order valence-electron chi connectivity index (χ2n) is 2.99. The zero-order valence-electron chi connectivity index (χ0n) is 8.53. The number of aryl methyl sites for hydroxylation is 1. The number of esters is 1. The van der Waals surface area contributed by atoms with Gasteiger partial charge in [0.25, 0.3) is 0 Å². The molecule has 0 fully saturated rings. The summed E-state index contributed by atoms with van der Waals surface area (Å²) in [6.07, 6.45) is 0. The number of nitrogens with one attached hydrogen (secondary N) is 1. The van der Waals surface area contributed by atoms with Gasteiger partial charge < -0.3 is 4.74 Å². The molecule has 1 aromatic rings. The van der Waals surface area contributed by atoms with E-state index in [-0.39, 0.29) is 12.0 Å². The van der Waals surface area contributed by atoms with Crippen LogP contribution in [-0.4, -0.2) is 24.1 Å². The first-order chi connectivity index (χ1) is 6.65. The molecule has 0 spiro atoms. The molecule has 4 nitrogen and oxygen atoms in total. The van der Waals surface area contributed by atoms with E-state index in [4.69, 9.17) is 0 Å². The van der Waals surface area contributed by atoms with Crippen LogP contribution >= 0.6 is 11.3 Å². The van der Waals surface area contributed by atoms with Gasteiger partial charge in [0.15, 0.2) is 0 Å². The van der Waals surface area contributed by atoms with Crippen molar-refractivity contribution in [3.05, 3.63) is 16.1 Å². The molecule has 0 unspecified atom stereocenters. The van der Waals surface area contributed by atoms with Gasteiger partial charge in [-0.05, 0) is 13.8 Å². The highest BCUT2D eigenvalue weighted by Crippen LogP contribution is 2.11. The van der Waals surface area contributed by atoms with E-state index in [0.29, 0.717) is 6.54 Å². The van der Waals surface area contributed by atoms with Crippen LogP contribution < -0.4 is 5.32 Å². The predicted molar refractivity (Wildman–Crippen MR) is 55.2 cm³/mol. The summed E-state index contributed by atoms with van der Waals surface area (Å²) in [5.41, 5.74) is 2.81. The van der Waals surface area contributed by atoms with E-state index in [1.165, 1.54) is 7.11 Å². The third kappa shape index (κ3) is 2.78. The molecule has 5 heteroatoms. The quantitative estimate of drug-likeness (QED) is 0.763. The van der Waals surface area contributed by atoms with Crippen LogP contribution in [-0.2, 0) is 16.1 Å². The van der Waals surface area contributed by atoms with E-state index in [1.807, 2.05) is 6.92 Å². The van der Waals surface area contributed by atoms with Gasteiger partial charge in [0.1, 0.15) is 6.04 Å². The fourth-order valence-electron chi connectivity index (χ4n) is 1.00. The fraction of sp³-hybridized carbons (Fsp3) is 0.556. The van der Waals surface area contributed by atoms with Crippen molar-refractivity contribution in [2.75, 3.05) is 7.11 Å². The Balaban J connectivity index is 2.41. The SMILES string of the molecule is COC(=O)[C@@H](C)NCc1scnc1C. The third-order valence-electron chi connectivity index (χ3n) is 1.97. The Labute approximate surface area is 87.3 Å². The lowest BCUT2D eigenvalue weighted by Gasteiger charge is -2.10. The van der Waals surface area contributed by atoms with Crippen molar-refractivity contribution >= 4 is 17.3 Å². The molecule has 0 aliphatic heterocycles. The number of carbonyl (C=O) groups excluding carboxylic acids is 1. The standard InChI is InChI=1S/C9H14N2O2S/c1-6-8(14-5-11-6)4-10-7(2)9(12)13-3/h5,7,10H,4H2,1-3H3/t7-/m1/s1. The molecule has 1 atom stereocenters. The normalized spacial score (nSPS) is 12.5. The van der Waals surface area contributed by atoms with Gasteiger partial charge in [0.2, 0.25) is 0 Å². The molecular weight excluding hydrogens is 200 g/mol. The smallest absolute Gasteiger partial charge is 0.322 e. The monoisotopic (exact) mass is 214 g/mol. The minimum absolute atomic E-state index is 0.243. The summed E-state index contributed by atoms with van der Waals surface area (Å²) in [5.74, 6) is -0.243. The maximum atomic E-state index is 11.1. The van der Waals surface area contributed by atoms with Crippen molar-refractivity contribution in [2.24, 2.45) is 0 Å². The molecule has 0 radical (unpaired) electrons. The van der Waals surface area contributed by atoms with Crippen LogP contribution in [0, 0.1) is 6.92 Å². The largest absolute Gasteiger partial charge is 0.468 e. The number of hydrogen-bond donors (Lipinski definition) is 1. The molecule has 1 aromatic heterocycles. The first-order valence-corrected chi connectivity index (χ1v) is 5.23. The Morgan fingerprint density at radius 3 is 3.00 bits per heavy atom. The average molecular weight is 214 g/mol. The van der Waals surface area contributed by atoms with Crippen LogP contribution in [0.3, 0.4) is 0 Å². The van der Waals surface area contributed by atoms with Crippen LogP contribution in [0.25, 0.3) is 0 Å². The van der Waals surface area contributed by atoms with Gasteiger partial charge in [-0.1, -0.05) is 0 Å². The van der Waals surface area contributed by atoms with Crippen LogP contribution in [0.1, 0.15) is 17.5 Å². The summed E-state index contributed by atoms with van der Waals surface area (Å²) in [7, 11) is 1.39. The summed E-state index contributed by atoms with van der Waals surface area (Å²) in [6, 6.07) is -0.276. The molecule has 0 aliphatic carbocycles. The van der Waals surface area contributed by atoms with Gasteiger partial charge in [-0.3, -0.25) is 10.1 Å². The number of aromatic nitrogens is 1. The highest BCUT2D eigenvalue weighted by molar-refractivity contribution is 7.09. The van der Waals surface area contributed by atoms with Crippen LogP contribution in [0.5, 0.6) is 0 Å². The molecular formula is C9H14N2O2S. The van der Waals surface area contributed by atoms with Crippen molar-refractivity contribution in [2.45, 2.75) is 26.4 Å². The molecule has 0 saturated heterocycles. The topological polar surface area (TPSA) is 51.2 Å². The fourth-order valence-corrected chi connectivity index (χ4v) is 1.73. The maximum absolute atomic E-state index is 11.1. The minimum Gasteiger partial charge on any atom is -0.468 e. The number of hydrogen-bond acceptors (Lipinski definition) is 5. The summed E-state index contributed by atoms with van der Waals surface area (Å²) < 4.78 is 4.60. The van der Waals surface area contributed by atoms with E-state index in [9.17, 15) is 4.79 Å². The van der Waals surface area contributed by atoms with E-state index >= 15 is 0 Å². The molecule has 0 aromatic carbocycles. The predicted octanol–water partition coefficient (Wildman–Crippen LogP) is 1.10. The van der Waals surface area contributed by atoms with Gasteiger partial charge in [0, 0.05) is 11.4 Å². The molecule has 0 aliphatic rings. The molecule has 78 valence electrons. The number of thiazole rings is 1. The van der Waals surface area contributed by atoms with E-state index in [1.54, 1.807) is 23.8 Å². The Morgan fingerprint density at radius 1 is 1.79 bits per heavy atom. The molecule has 1 N–H and O–H groups in total. The summed E-state index contributed by atoms with van der Waals surface area (Å²) in [6.45, 7) is 4.39. The van der Waals surface area contributed by atoms with Crippen molar-refractivity contribution < 1.29 is 9.53 Å². The first kappa shape index (κ1) is 11.1. The average Bonchev–Trinajstić information content (AvgIpc) is 2.59. The zero-order valence-corrected chi connectivity index (χ0v) is 9.35. The lowest BCUT2D eigenvalue weighted by atomic mass is 10.3. The summed E-state index contributed by atoms with van der Waals surface area (Å²) in [5, 5.41) is 3.07. The number of methoxy groups -OCH3 is 1. The maximum Gasteiger partial charge on any atom is 0.322 e. The van der Waals surface area contributed by atoms with Gasteiger partial charge in [-0.2, -0.15) is 0 Å². The molecule has 1 heterocycles. The molecule has 0 saturated carbocycles. The highest BCUT2D eigenvalue weighted by Gasteiger charge is 2.12. The molecule has 0 amide bonds. The van der Waals surface area contributed by atoms with E-state index in [0.717, 1.165) is 10.6 Å². The van der Waals surface area contributed by atoms with Crippen LogP contribution in [0.15, 0.2) is 5.51 Å². The lowest BCUT2D eigenvalue weighted by molar-refractivity contribution is -0.142. The van der Waals surface area contributed by atoms with Gasteiger partial charge in [0.05, 0.1) is 18.3 Å². The zero-order chi connectivity index (χ0) is 10.6. The Bertz CT molecular complexity index is 312. The third-order valence-corrected chi connectivity index (χ3v) is 2.90.